The number of hydrogen-bond acceptors (Lipinski definition) is 8. The van der Waals surface area contributed by atoms with E-state index in [1.54, 1.807) is 11.3 Å². The van der Waals surface area contributed by atoms with Gasteiger partial charge in [0.05, 0.1) is 14.9 Å². The number of thiophene rings is 7. The van der Waals surface area contributed by atoms with E-state index in [9.17, 15) is 0 Å². The molecule has 0 N–H and O–H groups in total. The van der Waals surface area contributed by atoms with Gasteiger partial charge in [-0.2, -0.15) is 0 Å². The molecule has 0 aliphatic carbocycles. The molecule has 0 spiro atoms. The van der Waals surface area contributed by atoms with Gasteiger partial charge in [0.2, 0.25) is 0 Å². The average Bonchev–Trinajstić information content (AvgIpc) is 4.11. The lowest BCUT2D eigenvalue weighted by Crippen LogP contribution is -1.90. The van der Waals surface area contributed by atoms with Gasteiger partial charge in [0, 0.05) is 76.3 Å². The molecule has 1 aromatic carbocycles. The van der Waals surface area contributed by atoms with E-state index in [1.807, 2.05) is 74.9 Å². The van der Waals surface area contributed by atoms with Gasteiger partial charge < -0.3 is 8.98 Å². The molecule has 0 aliphatic heterocycles. The zero-order valence-electron chi connectivity index (χ0n) is 40.3. The van der Waals surface area contributed by atoms with Crippen LogP contribution in [0, 0.1) is 125 Å². The van der Waals surface area contributed by atoms with Crippen molar-refractivity contribution < 1.29 is 4.42 Å². The number of fused-ring (bicyclic) bond motifs is 4. The summed E-state index contributed by atoms with van der Waals surface area (Å²) in [5.74, 6) is 1.01. The highest BCUT2D eigenvalue weighted by Crippen LogP contribution is 2.37. The lowest BCUT2D eigenvalue weighted by Gasteiger charge is -1.98. The number of aryl methyl sites for hydroxylation is 17. The van der Waals surface area contributed by atoms with Gasteiger partial charge in [-0.05, 0) is 194 Å². The van der Waals surface area contributed by atoms with E-state index < -0.39 is 0 Å². The van der Waals surface area contributed by atoms with Crippen LogP contribution in [0.25, 0.3) is 40.0 Å². The van der Waals surface area contributed by atoms with E-state index in [0.29, 0.717) is 0 Å². The number of hydrogen-bond donors (Lipinski definition) is 0. The topological polar surface area (TPSA) is 18.1 Å². The number of furan rings is 1. The van der Waals surface area contributed by atoms with Crippen LogP contribution in [0.1, 0.15) is 102 Å². The Morgan fingerprint density at radius 3 is 1.41 bits per heavy atom. The second kappa shape index (κ2) is 22.3. The molecule has 338 valence electrons. The third kappa shape index (κ3) is 12.3. The molecule has 63 heavy (non-hydrogen) atoms. The second-order valence-electron chi connectivity index (χ2n) is 16.3. The number of rotatable bonds is 0. The summed E-state index contributed by atoms with van der Waals surface area (Å²) in [5.41, 5.74) is 13.8. The summed E-state index contributed by atoms with van der Waals surface area (Å²) in [4.78, 5) is 12.9. The Morgan fingerprint density at radius 1 is 0.413 bits per heavy atom. The van der Waals surface area contributed by atoms with Crippen molar-refractivity contribution in [2.24, 2.45) is 7.05 Å². The van der Waals surface area contributed by atoms with E-state index >= 15 is 0 Å². The molecule has 10 rings (SSSR count). The fourth-order valence-electron chi connectivity index (χ4n) is 7.04. The van der Waals surface area contributed by atoms with E-state index in [2.05, 4.69) is 178 Å². The van der Waals surface area contributed by atoms with Crippen molar-refractivity contribution in [3.63, 3.8) is 0 Å². The third-order valence-corrected chi connectivity index (χ3v) is 20.0. The minimum atomic E-state index is 0. The van der Waals surface area contributed by atoms with Gasteiger partial charge in [0.1, 0.15) is 11.3 Å². The summed E-state index contributed by atoms with van der Waals surface area (Å²) in [6.07, 6.45) is 0. The fourth-order valence-corrected chi connectivity index (χ4v) is 14.8. The first-order valence-electron chi connectivity index (χ1n) is 21.0. The highest BCUT2D eigenvalue weighted by atomic mass is 32.1. The van der Waals surface area contributed by atoms with Gasteiger partial charge in [-0.15, -0.1) is 79.4 Å². The smallest absolute Gasteiger partial charge is 0.148 e. The maximum absolute atomic E-state index is 5.53. The lowest BCUT2D eigenvalue weighted by atomic mass is 10.2. The van der Waals surface area contributed by atoms with Gasteiger partial charge in [-0.25, -0.2) is 0 Å². The monoisotopic (exact) mass is 971 g/mol. The van der Waals surface area contributed by atoms with Crippen LogP contribution in [-0.2, 0) is 7.05 Å². The zero-order valence-corrected chi connectivity index (χ0v) is 46.0. The molecule has 0 saturated heterocycles. The molecule has 0 radical (unpaired) electrons. The molecule has 10 aromatic rings. The molecule has 0 aliphatic rings. The third-order valence-electron chi connectivity index (χ3n) is 11.8. The Morgan fingerprint density at radius 2 is 0.921 bits per heavy atom. The normalized spacial score (nSPS) is 10.7. The Bertz CT molecular complexity index is 2920. The first kappa shape index (κ1) is 52.3. The van der Waals surface area contributed by atoms with Crippen LogP contribution in [-0.4, -0.2) is 4.57 Å². The molecule has 0 unspecified atom stereocenters. The Balaban J connectivity index is 0.000000166. The molecule has 9 heterocycles. The molecule has 0 fully saturated rings. The number of aromatic nitrogens is 1. The van der Waals surface area contributed by atoms with Crippen LogP contribution in [0.15, 0.2) is 52.9 Å². The van der Waals surface area contributed by atoms with Crippen molar-refractivity contribution in [2.45, 2.75) is 132 Å². The lowest BCUT2D eigenvalue weighted by molar-refractivity contribution is 0.576. The molecule has 9 heteroatoms. The highest BCUT2D eigenvalue weighted by Gasteiger charge is 2.11. The van der Waals surface area contributed by atoms with Crippen molar-refractivity contribution in [3.8, 4) is 0 Å². The first-order chi connectivity index (χ1) is 29.1. The molecular formula is C54H69NOS7. The van der Waals surface area contributed by atoms with Crippen LogP contribution in [0.3, 0.4) is 0 Å². The summed E-state index contributed by atoms with van der Waals surface area (Å²) < 4.78 is 14.9. The SMILES string of the molecule is C.Cc1cc(C)c(C)s1.Cc1cc2sc(C)c(C)c2o1.Cc1cc2sc(C)c(C)c2s1.Cc1sc(C)c(C)c1C.Cc1sc2cc(C)n(C)c2c1C.Cc1sc2ccccc2c1C. The Hall–Kier alpha value is -3.28. The summed E-state index contributed by atoms with van der Waals surface area (Å²) in [6.45, 7) is 38.9. The van der Waals surface area contributed by atoms with Crippen LogP contribution in [0.4, 0.5) is 0 Å². The average molecular weight is 973 g/mol. The van der Waals surface area contributed by atoms with Crippen molar-refractivity contribution >= 4 is 119 Å². The van der Waals surface area contributed by atoms with Crippen molar-refractivity contribution in [1.82, 2.24) is 4.57 Å². The van der Waals surface area contributed by atoms with Crippen molar-refractivity contribution in [2.75, 3.05) is 0 Å². The molecule has 0 bridgehead atoms. The van der Waals surface area contributed by atoms with Gasteiger partial charge >= 0.3 is 0 Å². The van der Waals surface area contributed by atoms with Gasteiger partial charge in [0.15, 0.2) is 0 Å². The van der Waals surface area contributed by atoms with E-state index in [4.69, 9.17) is 4.42 Å². The summed E-state index contributed by atoms with van der Waals surface area (Å²) >= 11 is 13.2. The first-order valence-corrected chi connectivity index (χ1v) is 26.8. The zero-order chi connectivity index (χ0) is 45.9. The predicted molar refractivity (Wildman–Crippen MR) is 297 cm³/mol. The minimum absolute atomic E-state index is 0. The quantitative estimate of drug-likeness (QED) is 0.148. The van der Waals surface area contributed by atoms with Crippen LogP contribution < -0.4 is 0 Å². The maximum Gasteiger partial charge on any atom is 0.148 e. The summed E-state index contributed by atoms with van der Waals surface area (Å²) in [7, 11) is 2.14. The Kier molecular flexibility index (Phi) is 18.5. The molecule has 9 aromatic heterocycles. The van der Waals surface area contributed by atoms with Gasteiger partial charge in [0.25, 0.3) is 0 Å². The van der Waals surface area contributed by atoms with Crippen LogP contribution in [0.5, 0.6) is 0 Å². The number of benzene rings is 1. The molecule has 0 atom stereocenters. The van der Waals surface area contributed by atoms with Crippen LogP contribution >= 0.6 is 79.4 Å². The van der Waals surface area contributed by atoms with Crippen molar-refractivity contribution in [3.05, 3.63) is 143 Å². The molecule has 2 nitrogen and oxygen atoms in total. The van der Waals surface area contributed by atoms with E-state index in [-0.39, 0.29) is 7.43 Å². The predicted octanol–water partition coefficient (Wildman–Crippen LogP) is 20.3. The fraction of sp³-hybridized carbons (Fsp3) is 0.370. The minimum Gasteiger partial charge on any atom is -0.460 e. The summed E-state index contributed by atoms with van der Waals surface area (Å²) in [5, 5.41) is 1.41. The van der Waals surface area contributed by atoms with E-state index in [1.165, 1.54) is 123 Å². The molecule has 0 saturated carbocycles. The highest BCUT2D eigenvalue weighted by molar-refractivity contribution is 7.28. The standard InChI is InChI=1S/C10H13NS.C10H10S.C9H10OS.C9H10S2.C8H12S.C7H10S.CH4/c1-6-5-9-10(11(6)4)7(2)8(3)12-9;1-7-8(2)11-10-6-4-3-5-9(7)10;2*1-5-4-8-9(10-5)6(2)7(3)11-8;1-5-6(2)8(4)9-7(5)3;1-5-4-6(2)8-7(5)3;/h5H,1-4H3;3-6H,1-2H3;2*4H,1-3H3;1-4H3;4H,1-3H3;1H4. The maximum atomic E-state index is 5.53. The van der Waals surface area contributed by atoms with Crippen LogP contribution in [0.2, 0.25) is 0 Å². The second-order valence-corrected chi connectivity index (χ2v) is 25.5. The van der Waals surface area contributed by atoms with Gasteiger partial charge in [-0.1, -0.05) is 25.6 Å². The van der Waals surface area contributed by atoms with Gasteiger partial charge in [-0.3, -0.25) is 0 Å². The summed E-state index contributed by atoms with van der Waals surface area (Å²) in [6, 6.07) is 17.4. The van der Waals surface area contributed by atoms with E-state index in [0.717, 1.165) is 11.3 Å². The Labute approximate surface area is 406 Å². The molecule has 0 amide bonds. The number of nitrogens with zero attached hydrogens (tertiary/aromatic N) is 1. The molecular weight excluding hydrogens is 903 g/mol. The largest absolute Gasteiger partial charge is 0.460 e. The van der Waals surface area contributed by atoms with Crippen molar-refractivity contribution in [1.29, 1.82) is 0 Å².